The Hall–Kier alpha value is -2.14. The van der Waals surface area contributed by atoms with Crippen LogP contribution in [0.3, 0.4) is 0 Å². The highest BCUT2D eigenvalue weighted by Gasteiger charge is 2.37. The van der Waals surface area contributed by atoms with Gasteiger partial charge in [-0.15, -0.1) is 5.06 Å². The van der Waals surface area contributed by atoms with Gasteiger partial charge in [-0.25, -0.2) is 18.0 Å². The second kappa shape index (κ2) is 7.85. The molecule has 1 amide bonds. The van der Waals surface area contributed by atoms with Gasteiger partial charge in [0.25, 0.3) is 0 Å². The highest BCUT2D eigenvalue weighted by atomic mass is 32.2. The molecule has 0 heterocycles. The van der Waals surface area contributed by atoms with E-state index in [-0.39, 0.29) is 0 Å². The van der Waals surface area contributed by atoms with E-state index in [1.807, 2.05) is 0 Å². The van der Waals surface area contributed by atoms with Crippen LogP contribution in [0.5, 0.6) is 0 Å². The lowest BCUT2D eigenvalue weighted by Crippen LogP contribution is -2.48. The van der Waals surface area contributed by atoms with Gasteiger partial charge in [-0.2, -0.15) is 8.42 Å². The lowest BCUT2D eigenvalue weighted by Gasteiger charge is -2.32. The van der Waals surface area contributed by atoms with Gasteiger partial charge in [-0.05, 0) is 32.9 Å². The Morgan fingerprint density at radius 3 is 1.89 bits per heavy atom. The van der Waals surface area contributed by atoms with Gasteiger partial charge in [-0.1, -0.05) is 26.0 Å². The number of carbonyl (C=O) groups excluding carboxylic acids is 2. The summed E-state index contributed by atoms with van der Waals surface area (Å²) >= 11 is 0. The van der Waals surface area contributed by atoms with Crippen LogP contribution in [0, 0.1) is 5.92 Å². The Kier molecular flexibility index (Phi) is 6.66. The summed E-state index contributed by atoms with van der Waals surface area (Å²) in [6.45, 7) is 7.57. The number of hydrogen-bond acceptors (Lipinski definition) is 8. The van der Waals surface area contributed by atoms with Gasteiger partial charge in [0.2, 0.25) is 0 Å². The number of hydrogen-bond donors (Lipinski definition) is 0. The van der Waals surface area contributed by atoms with Gasteiger partial charge >= 0.3 is 22.2 Å². The van der Waals surface area contributed by atoms with Crippen molar-refractivity contribution in [3.05, 3.63) is 24.3 Å². The second-order valence-electron chi connectivity index (χ2n) is 7.05. The van der Waals surface area contributed by atoms with E-state index in [0.29, 0.717) is 5.06 Å². The maximum Gasteiger partial charge on any atom is 0.459 e. The molecule has 0 aliphatic carbocycles. The average Bonchev–Trinajstić information content (AvgIpc) is 2.49. The van der Waals surface area contributed by atoms with Crippen molar-refractivity contribution in [2.75, 3.05) is 6.26 Å². The topological polar surface area (TPSA) is 124 Å². The van der Waals surface area contributed by atoms with Crippen LogP contribution >= 0.6 is 0 Å². The van der Waals surface area contributed by atoms with Gasteiger partial charge in [0.1, 0.15) is 4.90 Å². The summed E-state index contributed by atoms with van der Waals surface area (Å²) < 4.78 is 53.1. The zero-order valence-corrected chi connectivity index (χ0v) is 17.5. The molecule has 0 atom stereocenters. The first-order chi connectivity index (χ1) is 12.1. The number of amides is 1. The minimum atomic E-state index is -4.80. The lowest BCUT2D eigenvalue weighted by atomic mass is 10.1. The fourth-order valence-electron chi connectivity index (χ4n) is 1.78. The standard InChI is InChI=1S/C16H23NO8S2/c1-11(2)14(18)24-17(16(3,4)5)15(19)25-27(22,23)13-10-8-7-9-12(13)26(6,20)21/h7-11H,1-6H3. The fraction of sp³-hybridized carbons (Fsp3) is 0.500. The minimum Gasteiger partial charge on any atom is -0.334 e. The molecule has 0 radical (unpaired) electrons. The van der Waals surface area contributed by atoms with Gasteiger partial charge < -0.3 is 9.02 Å². The molecule has 9 nitrogen and oxygen atoms in total. The van der Waals surface area contributed by atoms with Gasteiger partial charge in [-0.3, -0.25) is 0 Å². The Morgan fingerprint density at radius 2 is 1.48 bits per heavy atom. The van der Waals surface area contributed by atoms with Crippen molar-refractivity contribution < 1.29 is 35.4 Å². The van der Waals surface area contributed by atoms with E-state index >= 15 is 0 Å². The second-order valence-corrected chi connectivity index (χ2v) is 10.6. The van der Waals surface area contributed by atoms with Crippen LogP contribution in [0.2, 0.25) is 0 Å². The summed E-state index contributed by atoms with van der Waals surface area (Å²) in [6.07, 6.45) is -0.644. The van der Waals surface area contributed by atoms with Crippen LogP contribution in [0.4, 0.5) is 4.79 Å². The van der Waals surface area contributed by atoms with E-state index in [9.17, 15) is 26.4 Å². The molecule has 1 aromatic carbocycles. The molecular weight excluding hydrogens is 398 g/mol. The first-order valence-electron chi connectivity index (χ1n) is 7.87. The maximum absolute atomic E-state index is 12.5. The molecule has 0 spiro atoms. The summed E-state index contributed by atoms with van der Waals surface area (Å²) in [5.74, 6) is -1.35. The maximum atomic E-state index is 12.5. The monoisotopic (exact) mass is 421 g/mol. The predicted octanol–water partition coefficient (Wildman–Crippen LogP) is 2.13. The van der Waals surface area contributed by atoms with Crippen molar-refractivity contribution in [2.24, 2.45) is 5.92 Å². The van der Waals surface area contributed by atoms with Crippen LogP contribution in [-0.4, -0.2) is 45.8 Å². The third-order valence-electron chi connectivity index (χ3n) is 3.13. The third-order valence-corrected chi connectivity index (χ3v) is 5.67. The number of benzene rings is 1. The molecule has 152 valence electrons. The number of rotatable bonds is 4. The quantitative estimate of drug-likeness (QED) is 0.535. The highest BCUT2D eigenvalue weighted by Crippen LogP contribution is 2.25. The van der Waals surface area contributed by atoms with Crippen LogP contribution < -0.4 is 0 Å². The van der Waals surface area contributed by atoms with Crippen molar-refractivity contribution in [1.29, 1.82) is 0 Å². The van der Waals surface area contributed by atoms with E-state index in [4.69, 9.17) is 4.84 Å². The molecule has 11 heteroatoms. The molecule has 0 saturated heterocycles. The van der Waals surface area contributed by atoms with Crippen molar-refractivity contribution in [3.8, 4) is 0 Å². The normalized spacial score (nSPS) is 12.6. The average molecular weight is 421 g/mol. The van der Waals surface area contributed by atoms with Crippen molar-refractivity contribution >= 4 is 32.0 Å². The van der Waals surface area contributed by atoms with Crippen molar-refractivity contribution in [3.63, 3.8) is 0 Å². The Bertz CT molecular complexity index is 927. The van der Waals surface area contributed by atoms with Gasteiger partial charge in [0, 0.05) is 6.26 Å². The van der Waals surface area contributed by atoms with Gasteiger partial charge in [0.05, 0.1) is 16.4 Å². The molecule has 0 bridgehead atoms. The summed E-state index contributed by atoms with van der Waals surface area (Å²) in [4.78, 5) is 28.0. The highest BCUT2D eigenvalue weighted by molar-refractivity contribution is 7.92. The van der Waals surface area contributed by atoms with E-state index in [0.717, 1.165) is 18.4 Å². The van der Waals surface area contributed by atoms with Crippen LogP contribution in [0.25, 0.3) is 0 Å². The number of sulfone groups is 1. The molecule has 0 unspecified atom stereocenters. The minimum absolute atomic E-state index is 0.496. The van der Waals surface area contributed by atoms with E-state index < -0.39 is 53.3 Å². The molecule has 1 aromatic rings. The molecule has 0 fully saturated rings. The smallest absolute Gasteiger partial charge is 0.334 e. The number of hydroxylamine groups is 2. The largest absolute Gasteiger partial charge is 0.459 e. The van der Waals surface area contributed by atoms with Gasteiger partial charge in [0.15, 0.2) is 9.84 Å². The number of nitrogens with zero attached hydrogens (tertiary/aromatic N) is 1. The molecule has 0 saturated carbocycles. The molecule has 0 aliphatic heterocycles. The van der Waals surface area contributed by atoms with Crippen molar-refractivity contribution in [1.82, 2.24) is 5.06 Å². The zero-order valence-electron chi connectivity index (χ0n) is 15.9. The molecule has 1 rings (SSSR count). The molecule has 0 N–H and O–H groups in total. The first kappa shape index (κ1) is 22.9. The SMILES string of the molecule is CC(C)C(=O)ON(C(=O)OS(=O)(=O)c1ccccc1S(C)(=O)=O)C(C)(C)C. The molecular formula is C16H23NO8S2. The number of carbonyl (C=O) groups is 2. The molecule has 0 aliphatic rings. The Labute approximate surface area is 159 Å². The summed E-state index contributed by atoms with van der Waals surface area (Å²) in [7, 11) is -8.70. The van der Waals surface area contributed by atoms with Crippen molar-refractivity contribution in [2.45, 2.75) is 49.9 Å². The predicted molar refractivity (Wildman–Crippen MR) is 95.7 cm³/mol. The van der Waals surface area contributed by atoms with E-state index in [1.54, 1.807) is 0 Å². The van der Waals surface area contributed by atoms with E-state index in [2.05, 4.69) is 4.18 Å². The van der Waals surface area contributed by atoms with Crippen LogP contribution in [0.1, 0.15) is 34.6 Å². The summed E-state index contributed by atoms with van der Waals surface area (Å²) in [6, 6.07) is 4.70. The lowest BCUT2D eigenvalue weighted by molar-refractivity contribution is -0.201. The van der Waals surface area contributed by atoms with E-state index in [1.165, 1.54) is 46.8 Å². The third kappa shape index (κ3) is 5.93. The Balaban J connectivity index is 3.28. The van der Waals surface area contributed by atoms with Crippen LogP contribution in [-0.2, 0) is 33.8 Å². The molecule has 0 aromatic heterocycles. The summed E-state index contributed by atoms with van der Waals surface area (Å²) in [5, 5.41) is 0.496. The first-order valence-corrected chi connectivity index (χ1v) is 11.2. The summed E-state index contributed by atoms with van der Waals surface area (Å²) in [5.41, 5.74) is -1.12. The van der Waals surface area contributed by atoms with Crippen LogP contribution in [0.15, 0.2) is 34.1 Å². The fourth-order valence-corrected chi connectivity index (χ4v) is 4.20. The Morgan fingerprint density at radius 1 is 1.00 bits per heavy atom. The zero-order chi connectivity index (χ0) is 21.2. The molecule has 27 heavy (non-hydrogen) atoms.